The van der Waals surface area contributed by atoms with E-state index in [0.717, 1.165) is 0 Å². The Morgan fingerprint density at radius 3 is 2.83 bits per heavy atom. The Labute approximate surface area is 69.5 Å². The number of methoxy groups -OCH3 is 1. The van der Waals surface area contributed by atoms with E-state index in [4.69, 9.17) is 9.47 Å². The largest absolute Gasteiger partial charge is 0.469 e. The number of aliphatic hydroxyl groups excluding tert-OH is 1. The fraction of sp³-hybridized carbons (Fsp3) is 0.875. The zero-order valence-electron chi connectivity index (χ0n) is 6.69. The lowest BCUT2D eigenvalue weighted by atomic mass is 10.1. The standard InChI is InChI=1S/C8H10O4/c1-11-7(10)8-2-3-5(9)4(8)6(8)12-3/h3-6,9H,2H2,1H3. The third-order valence-electron chi connectivity index (χ3n) is 3.49. The van der Waals surface area contributed by atoms with Crippen LogP contribution in [-0.2, 0) is 14.3 Å². The first-order chi connectivity index (χ1) is 5.71. The molecule has 4 nitrogen and oxygen atoms in total. The summed E-state index contributed by atoms with van der Waals surface area (Å²) in [4.78, 5) is 11.3. The van der Waals surface area contributed by atoms with Crippen LogP contribution < -0.4 is 0 Å². The molecule has 0 radical (unpaired) electrons. The molecule has 5 unspecified atom stereocenters. The summed E-state index contributed by atoms with van der Waals surface area (Å²) in [6.07, 6.45) is 0.0500. The van der Waals surface area contributed by atoms with Crippen molar-refractivity contribution in [3.8, 4) is 0 Å². The second kappa shape index (κ2) is 1.67. The highest BCUT2D eigenvalue weighted by Gasteiger charge is 2.85. The highest BCUT2D eigenvalue weighted by Crippen LogP contribution is 2.72. The maximum atomic E-state index is 11.3. The summed E-state index contributed by atoms with van der Waals surface area (Å²) >= 11 is 0. The van der Waals surface area contributed by atoms with Gasteiger partial charge >= 0.3 is 5.97 Å². The second-order valence-electron chi connectivity index (χ2n) is 3.85. The van der Waals surface area contributed by atoms with Gasteiger partial charge in [0.2, 0.25) is 0 Å². The molecule has 66 valence electrons. The van der Waals surface area contributed by atoms with Crippen LogP contribution in [0.15, 0.2) is 0 Å². The minimum Gasteiger partial charge on any atom is -0.469 e. The topological polar surface area (TPSA) is 55.8 Å². The molecule has 5 atom stereocenters. The van der Waals surface area contributed by atoms with Crippen molar-refractivity contribution in [1.82, 2.24) is 0 Å². The predicted molar refractivity (Wildman–Crippen MR) is 37.2 cm³/mol. The van der Waals surface area contributed by atoms with E-state index in [2.05, 4.69) is 0 Å². The van der Waals surface area contributed by atoms with E-state index in [9.17, 15) is 9.90 Å². The summed E-state index contributed by atoms with van der Waals surface area (Å²) in [6.45, 7) is 0. The Bertz CT molecular complexity index is 264. The van der Waals surface area contributed by atoms with Gasteiger partial charge in [-0.15, -0.1) is 0 Å². The smallest absolute Gasteiger partial charge is 0.315 e. The van der Waals surface area contributed by atoms with Crippen molar-refractivity contribution in [1.29, 1.82) is 0 Å². The molecule has 0 aromatic carbocycles. The molecule has 12 heavy (non-hydrogen) atoms. The van der Waals surface area contributed by atoms with Crippen LogP contribution in [0.3, 0.4) is 0 Å². The lowest BCUT2D eigenvalue weighted by Crippen LogP contribution is -2.19. The molecule has 2 saturated carbocycles. The molecule has 2 aliphatic carbocycles. The normalized spacial score (nSPS) is 58.8. The maximum Gasteiger partial charge on any atom is 0.315 e. The molecule has 2 saturated heterocycles. The van der Waals surface area contributed by atoms with Crippen molar-refractivity contribution in [2.45, 2.75) is 24.7 Å². The van der Waals surface area contributed by atoms with Gasteiger partial charge in [0.25, 0.3) is 0 Å². The fourth-order valence-corrected chi connectivity index (χ4v) is 2.90. The quantitative estimate of drug-likeness (QED) is 0.529. The Morgan fingerprint density at radius 2 is 2.50 bits per heavy atom. The van der Waals surface area contributed by atoms with Crippen molar-refractivity contribution in [3.63, 3.8) is 0 Å². The lowest BCUT2D eigenvalue weighted by molar-refractivity contribution is -0.147. The summed E-state index contributed by atoms with van der Waals surface area (Å²) in [7, 11) is 1.38. The fourth-order valence-electron chi connectivity index (χ4n) is 2.90. The van der Waals surface area contributed by atoms with E-state index in [1.165, 1.54) is 7.11 Å². The minimum atomic E-state index is -0.459. The minimum absolute atomic E-state index is 0.0231. The van der Waals surface area contributed by atoms with Crippen LogP contribution in [0.5, 0.6) is 0 Å². The molecule has 0 aromatic heterocycles. The average Bonchev–Trinajstić information content (AvgIpc) is 2.44. The molecule has 4 fully saturated rings. The van der Waals surface area contributed by atoms with Gasteiger partial charge in [0.1, 0.15) is 5.41 Å². The van der Waals surface area contributed by atoms with E-state index in [1.807, 2.05) is 0 Å². The van der Waals surface area contributed by atoms with Gasteiger partial charge < -0.3 is 14.6 Å². The van der Waals surface area contributed by atoms with Gasteiger partial charge in [-0.25, -0.2) is 0 Å². The summed E-state index contributed by atoms with van der Waals surface area (Å²) < 4.78 is 10.1. The van der Waals surface area contributed by atoms with Gasteiger partial charge in [0.15, 0.2) is 0 Å². The number of hydrogen-bond donors (Lipinski definition) is 1. The molecular formula is C8H10O4. The highest BCUT2D eigenvalue weighted by atomic mass is 16.6. The molecule has 0 aromatic rings. The van der Waals surface area contributed by atoms with E-state index in [0.29, 0.717) is 6.42 Å². The van der Waals surface area contributed by atoms with Crippen molar-refractivity contribution >= 4 is 5.97 Å². The van der Waals surface area contributed by atoms with Gasteiger partial charge in [-0.2, -0.15) is 0 Å². The third-order valence-corrected chi connectivity index (χ3v) is 3.49. The number of hydrogen-bond acceptors (Lipinski definition) is 4. The summed E-state index contributed by atoms with van der Waals surface area (Å²) in [6, 6.07) is 0. The first-order valence-electron chi connectivity index (χ1n) is 4.14. The first-order valence-corrected chi connectivity index (χ1v) is 4.14. The van der Waals surface area contributed by atoms with Gasteiger partial charge in [-0.3, -0.25) is 4.79 Å². The predicted octanol–water partition coefficient (Wildman–Crippen LogP) is -0.692. The van der Waals surface area contributed by atoms with Crippen molar-refractivity contribution in [2.75, 3.05) is 7.11 Å². The number of rotatable bonds is 1. The second-order valence-corrected chi connectivity index (χ2v) is 3.85. The number of aliphatic hydroxyl groups is 1. The highest BCUT2D eigenvalue weighted by molar-refractivity contribution is 5.84. The van der Waals surface area contributed by atoms with Crippen molar-refractivity contribution in [2.24, 2.45) is 11.3 Å². The van der Waals surface area contributed by atoms with Gasteiger partial charge in [0, 0.05) is 5.92 Å². The average molecular weight is 170 g/mol. The molecule has 1 N–H and O–H groups in total. The molecule has 2 heterocycles. The summed E-state index contributed by atoms with van der Waals surface area (Å²) in [5, 5.41) is 9.53. The van der Waals surface area contributed by atoms with Gasteiger partial charge in [-0.1, -0.05) is 0 Å². The SMILES string of the molecule is COC(=O)C12CC3OC1C2C3O. The van der Waals surface area contributed by atoms with Crippen LogP contribution in [0.25, 0.3) is 0 Å². The molecule has 0 spiro atoms. The molecular weight excluding hydrogens is 160 g/mol. The number of esters is 1. The number of carbonyl (C=O) groups is 1. The Hall–Kier alpha value is -0.610. The molecule has 0 amide bonds. The van der Waals surface area contributed by atoms with Crippen LogP contribution in [0.4, 0.5) is 0 Å². The van der Waals surface area contributed by atoms with Crippen LogP contribution in [0.2, 0.25) is 0 Å². The zero-order valence-corrected chi connectivity index (χ0v) is 6.69. The maximum absolute atomic E-state index is 11.3. The van der Waals surface area contributed by atoms with Crippen molar-refractivity contribution in [3.05, 3.63) is 0 Å². The first kappa shape index (κ1) is 6.86. The Kier molecular flexibility index (Phi) is 0.957. The monoisotopic (exact) mass is 170 g/mol. The third kappa shape index (κ3) is 0.448. The van der Waals surface area contributed by atoms with Crippen LogP contribution >= 0.6 is 0 Å². The zero-order chi connectivity index (χ0) is 8.51. The summed E-state index contributed by atoms with van der Waals surface area (Å²) in [5.74, 6) is -0.188. The number of ether oxygens (including phenoxy) is 2. The Morgan fingerprint density at radius 1 is 1.75 bits per heavy atom. The van der Waals surface area contributed by atoms with E-state index in [-0.39, 0.29) is 24.1 Å². The van der Waals surface area contributed by atoms with Crippen LogP contribution in [0, 0.1) is 11.3 Å². The van der Waals surface area contributed by atoms with Crippen LogP contribution in [-0.4, -0.2) is 36.5 Å². The molecule has 4 aliphatic rings. The lowest BCUT2D eigenvalue weighted by Gasteiger charge is -2.05. The van der Waals surface area contributed by atoms with Gasteiger partial charge in [-0.05, 0) is 6.42 Å². The van der Waals surface area contributed by atoms with Gasteiger partial charge in [0.05, 0.1) is 25.4 Å². The Balaban J connectivity index is 1.96. The molecule has 4 heteroatoms. The van der Waals surface area contributed by atoms with Crippen molar-refractivity contribution < 1.29 is 19.4 Å². The summed E-state index contributed by atoms with van der Waals surface area (Å²) in [5.41, 5.74) is -0.459. The van der Waals surface area contributed by atoms with E-state index in [1.54, 1.807) is 0 Å². The number of carbonyl (C=O) groups excluding carboxylic acids is 1. The van der Waals surface area contributed by atoms with E-state index >= 15 is 0 Å². The van der Waals surface area contributed by atoms with E-state index < -0.39 is 11.5 Å². The molecule has 2 aliphatic heterocycles. The van der Waals surface area contributed by atoms with Crippen LogP contribution in [0.1, 0.15) is 6.42 Å². The molecule has 4 rings (SSSR count). The molecule has 4 bridgehead atoms.